The number of hydrazine groups is 1. The van der Waals surface area contributed by atoms with E-state index in [0.29, 0.717) is 4.90 Å². The predicted molar refractivity (Wildman–Crippen MR) is 76.6 cm³/mol. The number of hydrogen-bond acceptors (Lipinski definition) is 5. The molecule has 0 spiro atoms. The van der Waals surface area contributed by atoms with Gasteiger partial charge in [0.2, 0.25) is 0 Å². The van der Waals surface area contributed by atoms with E-state index in [2.05, 4.69) is 10.5 Å². The SMILES string of the molecule is CCn1nccc1C(NN)c1ccc(S(C)(=O)=O)cc1. The Morgan fingerprint density at radius 2 is 1.95 bits per heavy atom. The van der Waals surface area contributed by atoms with E-state index in [9.17, 15) is 8.42 Å². The zero-order valence-corrected chi connectivity index (χ0v) is 12.3. The number of nitrogens with two attached hydrogens (primary N) is 1. The van der Waals surface area contributed by atoms with Gasteiger partial charge < -0.3 is 0 Å². The van der Waals surface area contributed by atoms with E-state index in [1.54, 1.807) is 30.5 Å². The number of nitrogens with zero attached hydrogens (tertiary/aromatic N) is 2. The van der Waals surface area contributed by atoms with Crippen LogP contribution in [0, 0.1) is 0 Å². The summed E-state index contributed by atoms with van der Waals surface area (Å²) in [5, 5.41) is 4.21. The quantitative estimate of drug-likeness (QED) is 0.630. The van der Waals surface area contributed by atoms with Crippen LogP contribution in [-0.4, -0.2) is 24.5 Å². The fourth-order valence-electron chi connectivity index (χ4n) is 2.11. The number of hydrogen-bond donors (Lipinski definition) is 2. The third-order valence-electron chi connectivity index (χ3n) is 3.15. The van der Waals surface area contributed by atoms with E-state index in [4.69, 9.17) is 5.84 Å². The maximum absolute atomic E-state index is 11.5. The number of rotatable bonds is 5. The monoisotopic (exact) mass is 294 g/mol. The molecule has 0 aliphatic rings. The van der Waals surface area contributed by atoms with E-state index in [1.807, 2.05) is 17.7 Å². The summed E-state index contributed by atoms with van der Waals surface area (Å²) in [7, 11) is -3.19. The van der Waals surface area contributed by atoms with Gasteiger partial charge in [0.1, 0.15) is 0 Å². The Morgan fingerprint density at radius 3 is 2.45 bits per heavy atom. The Morgan fingerprint density at radius 1 is 1.30 bits per heavy atom. The van der Waals surface area contributed by atoms with Gasteiger partial charge in [-0.2, -0.15) is 5.10 Å². The summed E-state index contributed by atoms with van der Waals surface area (Å²) in [6.07, 6.45) is 2.90. The Labute approximate surface area is 118 Å². The topological polar surface area (TPSA) is 90.0 Å². The van der Waals surface area contributed by atoms with Crippen LogP contribution in [0.1, 0.15) is 24.2 Å². The molecule has 0 amide bonds. The maximum atomic E-state index is 11.5. The number of nitrogens with one attached hydrogen (secondary N) is 1. The van der Waals surface area contributed by atoms with E-state index in [-0.39, 0.29) is 6.04 Å². The van der Waals surface area contributed by atoms with Crippen molar-refractivity contribution in [1.29, 1.82) is 0 Å². The molecule has 20 heavy (non-hydrogen) atoms. The van der Waals surface area contributed by atoms with Crippen molar-refractivity contribution in [2.75, 3.05) is 6.26 Å². The Hall–Kier alpha value is -1.70. The van der Waals surface area contributed by atoms with Gasteiger partial charge in [0.15, 0.2) is 9.84 Å². The molecule has 7 heteroatoms. The molecule has 6 nitrogen and oxygen atoms in total. The van der Waals surface area contributed by atoms with E-state index in [0.717, 1.165) is 17.8 Å². The van der Waals surface area contributed by atoms with Crippen molar-refractivity contribution in [3.63, 3.8) is 0 Å². The summed E-state index contributed by atoms with van der Waals surface area (Å²) in [6.45, 7) is 2.73. The average Bonchev–Trinajstić information content (AvgIpc) is 2.87. The lowest BCUT2D eigenvalue weighted by Crippen LogP contribution is -2.30. The smallest absolute Gasteiger partial charge is 0.175 e. The zero-order valence-electron chi connectivity index (χ0n) is 11.4. The highest BCUT2D eigenvalue weighted by atomic mass is 32.2. The second-order valence-corrected chi connectivity index (χ2v) is 6.53. The molecule has 1 atom stereocenters. The fraction of sp³-hybridized carbons (Fsp3) is 0.308. The molecule has 0 aliphatic heterocycles. The van der Waals surface area contributed by atoms with Crippen LogP contribution in [0.25, 0.3) is 0 Å². The molecule has 108 valence electrons. The number of sulfone groups is 1. The van der Waals surface area contributed by atoms with Crippen LogP contribution in [0.4, 0.5) is 0 Å². The van der Waals surface area contributed by atoms with Crippen LogP contribution >= 0.6 is 0 Å². The van der Waals surface area contributed by atoms with Crippen molar-refractivity contribution in [2.45, 2.75) is 24.4 Å². The Bertz CT molecular complexity index is 677. The minimum absolute atomic E-state index is 0.230. The normalized spacial score (nSPS) is 13.3. The molecule has 0 bridgehead atoms. The van der Waals surface area contributed by atoms with Gasteiger partial charge in [0, 0.05) is 19.0 Å². The van der Waals surface area contributed by atoms with Crippen molar-refractivity contribution in [3.8, 4) is 0 Å². The Kier molecular flexibility index (Phi) is 4.22. The molecule has 0 aliphatic carbocycles. The summed E-state index contributed by atoms with van der Waals surface area (Å²) in [5.41, 5.74) is 4.56. The van der Waals surface area contributed by atoms with Crippen LogP contribution in [0.3, 0.4) is 0 Å². The van der Waals surface area contributed by atoms with Gasteiger partial charge in [-0.05, 0) is 30.7 Å². The molecule has 0 saturated carbocycles. The van der Waals surface area contributed by atoms with Crippen molar-refractivity contribution in [1.82, 2.24) is 15.2 Å². The summed E-state index contributed by atoms with van der Waals surface area (Å²) < 4.78 is 24.8. The van der Waals surface area contributed by atoms with Crippen LogP contribution in [-0.2, 0) is 16.4 Å². The first-order chi connectivity index (χ1) is 9.47. The molecular formula is C13H18N4O2S. The highest BCUT2D eigenvalue weighted by molar-refractivity contribution is 7.90. The molecule has 3 N–H and O–H groups in total. The van der Waals surface area contributed by atoms with Gasteiger partial charge >= 0.3 is 0 Å². The third-order valence-corrected chi connectivity index (χ3v) is 4.28. The van der Waals surface area contributed by atoms with Gasteiger partial charge in [0.05, 0.1) is 16.6 Å². The Balaban J connectivity index is 2.38. The van der Waals surface area contributed by atoms with Gasteiger partial charge in [-0.15, -0.1) is 0 Å². The van der Waals surface area contributed by atoms with Gasteiger partial charge in [-0.25, -0.2) is 13.8 Å². The third kappa shape index (κ3) is 2.90. The lowest BCUT2D eigenvalue weighted by atomic mass is 10.0. The second kappa shape index (κ2) is 5.74. The molecule has 1 aromatic carbocycles. The van der Waals surface area contributed by atoms with E-state index in [1.165, 1.54) is 6.26 Å². The lowest BCUT2D eigenvalue weighted by molar-refractivity contribution is 0.543. The summed E-state index contributed by atoms with van der Waals surface area (Å²) in [5.74, 6) is 5.63. The first-order valence-corrected chi connectivity index (χ1v) is 8.14. The van der Waals surface area contributed by atoms with Crippen molar-refractivity contribution >= 4 is 9.84 Å². The first kappa shape index (κ1) is 14.7. The number of benzene rings is 1. The van der Waals surface area contributed by atoms with Gasteiger partial charge in [0.25, 0.3) is 0 Å². The number of aryl methyl sites for hydroxylation is 1. The molecule has 2 rings (SSSR count). The first-order valence-electron chi connectivity index (χ1n) is 6.25. The maximum Gasteiger partial charge on any atom is 0.175 e. The molecule has 1 aromatic heterocycles. The van der Waals surface area contributed by atoms with Crippen LogP contribution < -0.4 is 11.3 Å². The zero-order chi connectivity index (χ0) is 14.8. The largest absolute Gasteiger partial charge is 0.271 e. The summed E-state index contributed by atoms with van der Waals surface area (Å²) in [6, 6.07) is 8.34. The minimum Gasteiger partial charge on any atom is -0.271 e. The van der Waals surface area contributed by atoms with Crippen LogP contribution in [0.5, 0.6) is 0 Å². The van der Waals surface area contributed by atoms with Crippen molar-refractivity contribution in [2.24, 2.45) is 5.84 Å². The predicted octanol–water partition coefficient (Wildman–Crippen LogP) is 0.859. The molecule has 2 aromatic rings. The summed E-state index contributed by atoms with van der Waals surface area (Å²) >= 11 is 0. The highest BCUT2D eigenvalue weighted by Crippen LogP contribution is 2.22. The molecule has 0 fully saturated rings. The standard InChI is InChI=1S/C13H18N4O2S/c1-3-17-12(8-9-15-17)13(16-14)10-4-6-11(7-5-10)20(2,18)19/h4-9,13,16H,3,14H2,1-2H3. The summed E-state index contributed by atoms with van der Waals surface area (Å²) in [4.78, 5) is 0.293. The van der Waals surface area contributed by atoms with Gasteiger partial charge in [-0.3, -0.25) is 10.5 Å². The molecule has 0 saturated heterocycles. The van der Waals surface area contributed by atoms with Crippen molar-refractivity contribution in [3.05, 3.63) is 47.8 Å². The van der Waals surface area contributed by atoms with Crippen LogP contribution in [0.15, 0.2) is 41.4 Å². The highest BCUT2D eigenvalue weighted by Gasteiger charge is 2.17. The van der Waals surface area contributed by atoms with E-state index < -0.39 is 9.84 Å². The van der Waals surface area contributed by atoms with E-state index >= 15 is 0 Å². The van der Waals surface area contributed by atoms with Crippen LogP contribution in [0.2, 0.25) is 0 Å². The van der Waals surface area contributed by atoms with Crippen molar-refractivity contribution < 1.29 is 8.42 Å². The average molecular weight is 294 g/mol. The second-order valence-electron chi connectivity index (χ2n) is 4.51. The number of aromatic nitrogens is 2. The molecule has 1 heterocycles. The van der Waals surface area contributed by atoms with Gasteiger partial charge in [-0.1, -0.05) is 12.1 Å². The molecular weight excluding hydrogens is 276 g/mol. The molecule has 0 radical (unpaired) electrons. The lowest BCUT2D eigenvalue weighted by Gasteiger charge is -2.18. The minimum atomic E-state index is -3.19. The fourth-order valence-corrected chi connectivity index (χ4v) is 2.74. The molecule has 1 unspecified atom stereocenters.